The Morgan fingerprint density at radius 1 is 1.50 bits per heavy atom. The Morgan fingerprint density at radius 2 is 2.19 bits per heavy atom. The smallest absolute Gasteiger partial charge is 0.237 e. The molecule has 1 rings (SSSR count). The predicted molar refractivity (Wildman–Crippen MR) is 61.1 cm³/mol. The monoisotopic (exact) mass is 224 g/mol. The Bertz CT molecular complexity index is 355. The van der Waals surface area contributed by atoms with Crippen LogP contribution in [-0.4, -0.2) is 11.9 Å². The molecule has 1 aromatic carbocycles. The molecule has 0 saturated heterocycles. The molecule has 1 aromatic rings. The maximum absolute atomic E-state index is 13.2. The molecule has 0 aliphatic rings. The second-order valence-electron chi connectivity index (χ2n) is 3.70. The highest BCUT2D eigenvalue weighted by molar-refractivity contribution is 5.81. The summed E-state index contributed by atoms with van der Waals surface area (Å²) in [6.45, 7) is 2.15. The number of nitrogens with one attached hydrogen (secondary N) is 1. The molecule has 0 spiro atoms. The van der Waals surface area contributed by atoms with E-state index >= 15 is 0 Å². The van der Waals surface area contributed by atoms with Crippen LogP contribution in [0.3, 0.4) is 0 Å². The minimum Gasteiger partial charge on any atom is -0.351 e. The molecule has 1 amide bonds. The number of carbonyl (C=O) groups is 1. The van der Waals surface area contributed by atoms with Gasteiger partial charge >= 0.3 is 0 Å². The molecule has 0 heterocycles. The fraction of sp³-hybridized carbons (Fsp3) is 0.417. The molecule has 88 valence electrons. The van der Waals surface area contributed by atoms with Gasteiger partial charge in [0.2, 0.25) is 5.91 Å². The SMILES string of the molecule is CCCC(N)C(=O)NCc1ccccc1F. The molecule has 0 bridgehead atoms. The summed E-state index contributed by atoms with van der Waals surface area (Å²) < 4.78 is 13.2. The highest BCUT2D eigenvalue weighted by Gasteiger charge is 2.12. The summed E-state index contributed by atoms with van der Waals surface area (Å²) in [5, 5.41) is 2.62. The molecule has 0 saturated carbocycles. The van der Waals surface area contributed by atoms with Gasteiger partial charge in [-0.2, -0.15) is 0 Å². The first-order chi connectivity index (χ1) is 7.65. The van der Waals surface area contributed by atoms with Gasteiger partial charge < -0.3 is 11.1 Å². The lowest BCUT2D eigenvalue weighted by atomic mass is 10.1. The van der Waals surface area contributed by atoms with Crippen LogP contribution in [-0.2, 0) is 11.3 Å². The Hall–Kier alpha value is -1.42. The van der Waals surface area contributed by atoms with E-state index in [0.29, 0.717) is 12.0 Å². The first-order valence-electron chi connectivity index (χ1n) is 5.41. The van der Waals surface area contributed by atoms with Crippen LogP contribution in [0, 0.1) is 5.82 Å². The lowest BCUT2D eigenvalue weighted by Crippen LogP contribution is -2.40. The lowest BCUT2D eigenvalue weighted by Gasteiger charge is -2.11. The molecule has 0 fully saturated rings. The first kappa shape index (κ1) is 12.6. The number of hydrogen-bond donors (Lipinski definition) is 2. The predicted octanol–water partition coefficient (Wildman–Crippen LogP) is 1.57. The van der Waals surface area contributed by atoms with Crippen molar-refractivity contribution < 1.29 is 9.18 Å². The molecule has 4 heteroatoms. The second-order valence-corrected chi connectivity index (χ2v) is 3.70. The molecule has 0 aromatic heterocycles. The van der Waals surface area contributed by atoms with Gasteiger partial charge in [0.25, 0.3) is 0 Å². The molecule has 16 heavy (non-hydrogen) atoms. The third-order valence-electron chi connectivity index (χ3n) is 2.35. The van der Waals surface area contributed by atoms with Crippen molar-refractivity contribution >= 4 is 5.91 Å². The number of amides is 1. The number of rotatable bonds is 5. The molecule has 3 N–H and O–H groups in total. The Morgan fingerprint density at radius 3 is 2.81 bits per heavy atom. The Balaban J connectivity index is 2.46. The quantitative estimate of drug-likeness (QED) is 0.797. The largest absolute Gasteiger partial charge is 0.351 e. The molecule has 0 radical (unpaired) electrons. The highest BCUT2D eigenvalue weighted by Crippen LogP contribution is 2.05. The van der Waals surface area contributed by atoms with E-state index in [1.54, 1.807) is 18.2 Å². The van der Waals surface area contributed by atoms with E-state index in [1.807, 2.05) is 6.92 Å². The maximum atomic E-state index is 13.2. The highest BCUT2D eigenvalue weighted by atomic mass is 19.1. The van der Waals surface area contributed by atoms with Gasteiger partial charge in [0.15, 0.2) is 0 Å². The van der Waals surface area contributed by atoms with Crippen LogP contribution in [0.25, 0.3) is 0 Å². The second kappa shape index (κ2) is 6.23. The van der Waals surface area contributed by atoms with Gasteiger partial charge in [-0.05, 0) is 12.5 Å². The number of halogens is 1. The van der Waals surface area contributed by atoms with Gasteiger partial charge in [-0.15, -0.1) is 0 Å². The first-order valence-corrected chi connectivity index (χ1v) is 5.41. The molecule has 1 atom stereocenters. The molecular formula is C12H17FN2O. The van der Waals surface area contributed by atoms with Crippen molar-refractivity contribution in [3.63, 3.8) is 0 Å². The topological polar surface area (TPSA) is 55.1 Å². The molecule has 1 unspecified atom stereocenters. The van der Waals surface area contributed by atoms with Crippen LogP contribution < -0.4 is 11.1 Å². The molecular weight excluding hydrogens is 207 g/mol. The zero-order valence-corrected chi connectivity index (χ0v) is 9.37. The summed E-state index contributed by atoms with van der Waals surface area (Å²) in [7, 11) is 0. The van der Waals surface area contributed by atoms with Crippen molar-refractivity contribution in [2.75, 3.05) is 0 Å². The van der Waals surface area contributed by atoms with E-state index in [2.05, 4.69) is 5.32 Å². The number of hydrogen-bond acceptors (Lipinski definition) is 2. The Labute approximate surface area is 94.8 Å². The summed E-state index contributed by atoms with van der Waals surface area (Å²) in [5.74, 6) is -0.544. The van der Waals surface area contributed by atoms with Crippen molar-refractivity contribution in [2.24, 2.45) is 5.73 Å². The van der Waals surface area contributed by atoms with Crippen molar-refractivity contribution in [1.29, 1.82) is 0 Å². The summed E-state index contributed by atoms with van der Waals surface area (Å²) in [6.07, 6.45) is 1.50. The van der Waals surface area contributed by atoms with Crippen LogP contribution >= 0.6 is 0 Å². The van der Waals surface area contributed by atoms with Gasteiger partial charge in [-0.3, -0.25) is 4.79 Å². The van der Waals surface area contributed by atoms with Crippen molar-refractivity contribution in [3.05, 3.63) is 35.6 Å². The summed E-state index contributed by atoms with van der Waals surface area (Å²) in [4.78, 5) is 11.5. The average molecular weight is 224 g/mol. The minimum absolute atomic E-state index is 0.183. The van der Waals surface area contributed by atoms with Crippen LogP contribution in [0.15, 0.2) is 24.3 Å². The molecule has 3 nitrogen and oxygen atoms in total. The van der Waals surface area contributed by atoms with E-state index < -0.39 is 6.04 Å². The van der Waals surface area contributed by atoms with Gasteiger partial charge in [-0.25, -0.2) is 4.39 Å². The van der Waals surface area contributed by atoms with Crippen molar-refractivity contribution in [3.8, 4) is 0 Å². The summed E-state index contributed by atoms with van der Waals surface area (Å²) in [6, 6.07) is 5.85. The van der Waals surface area contributed by atoms with E-state index in [1.165, 1.54) is 6.07 Å². The number of nitrogens with two attached hydrogens (primary N) is 1. The average Bonchev–Trinajstić information content (AvgIpc) is 2.28. The Kier molecular flexibility index (Phi) is 4.92. The van der Waals surface area contributed by atoms with Gasteiger partial charge in [0, 0.05) is 12.1 Å². The van der Waals surface area contributed by atoms with Crippen LogP contribution in [0.1, 0.15) is 25.3 Å². The maximum Gasteiger partial charge on any atom is 0.237 e. The van der Waals surface area contributed by atoms with Crippen LogP contribution in [0.2, 0.25) is 0 Å². The fourth-order valence-corrected chi connectivity index (χ4v) is 1.40. The standard InChI is InChI=1S/C12H17FN2O/c1-2-5-11(14)12(16)15-8-9-6-3-4-7-10(9)13/h3-4,6-7,11H,2,5,8,14H2,1H3,(H,15,16). The normalized spacial score (nSPS) is 12.2. The van der Waals surface area contributed by atoms with E-state index in [0.717, 1.165) is 6.42 Å². The summed E-state index contributed by atoms with van der Waals surface area (Å²) >= 11 is 0. The van der Waals surface area contributed by atoms with Crippen molar-refractivity contribution in [2.45, 2.75) is 32.4 Å². The van der Waals surface area contributed by atoms with Crippen LogP contribution in [0.5, 0.6) is 0 Å². The van der Waals surface area contributed by atoms with E-state index in [-0.39, 0.29) is 18.3 Å². The fourth-order valence-electron chi connectivity index (χ4n) is 1.40. The zero-order chi connectivity index (χ0) is 12.0. The van der Waals surface area contributed by atoms with Gasteiger partial charge in [-0.1, -0.05) is 31.5 Å². The zero-order valence-electron chi connectivity index (χ0n) is 9.37. The number of benzene rings is 1. The third-order valence-corrected chi connectivity index (χ3v) is 2.35. The van der Waals surface area contributed by atoms with Gasteiger partial charge in [0.05, 0.1) is 6.04 Å². The van der Waals surface area contributed by atoms with Crippen molar-refractivity contribution in [1.82, 2.24) is 5.32 Å². The molecule has 0 aliphatic heterocycles. The third kappa shape index (κ3) is 3.62. The van der Waals surface area contributed by atoms with Crippen LogP contribution in [0.4, 0.5) is 4.39 Å². The molecule has 0 aliphatic carbocycles. The van der Waals surface area contributed by atoms with E-state index in [9.17, 15) is 9.18 Å². The minimum atomic E-state index is -0.503. The summed E-state index contributed by atoms with van der Waals surface area (Å²) in [5.41, 5.74) is 6.10. The number of carbonyl (C=O) groups excluding carboxylic acids is 1. The lowest BCUT2D eigenvalue weighted by molar-refractivity contribution is -0.122. The van der Waals surface area contributed by atoms with Gasteiger partial charge in [0.1, 0.15) is 5.82 Å². The van der Waals surface area contributed by atoms with E-state index in [4.69, 9.17) is 5.73 Å².